The highest BCUT2D eigenvalue weighted by Gasteiger charge is 2.09. The molecule has 100 valence electrons. The summed E-state index contributed by atoms with van der Waals surface area (Å²) in [6, 6.07) is 9.85. The van der Waals surface area contributed by atoms with Crippen molar-refractivity contribution in [2.75, 3.05) is 11.9 Å². The van der Waals surface area contributed by atoms with Gasteiger partial charge in [-0.15, -0.1) is 0 Å². The van der Waals surface area contributed by atoms with Crippen molar-refractivity contribution in [1.82, 2.24) is 24.9 Å². The van der Waals surface area contributed by atoms with Crippen molar-refractivity contribution in [3.63, 3.8) is 0 Å². The summed E-state index contributed by atoms with van der Waals surface area (Å²) in [6.45, 7) is 0.616. The molecule has 0 aliphatic carbocycles. The summed E-state index contributed by atoms with van der Waals surface area (Å²) in [5.74, 6) is 2.16. The van der Waals surface area contributed by atoms with Gasteiger partial charge in [-0.05, 0) is 0 Å². The maximum atomic E-state index is 4.49. The van der Waals surface area contributed by atoms with E-state index in [-0.39, 0.29) is 0 Å². The van der Waals surface area contributed by atoms with Crippen LogP contribution in [0.3, 0.4) is 0 Å². The van der Waals surface area contributed by atoms with Gasteiger partial charge in [0.05, 0.1) is 6.54 Å². The van der Waals surface area contributed by atoms with E-state index in [4.69, 9.17) is 0 Å². The Morgan fingerprint density at radius 3 is 2.70 bits per heavy atom. The van der Waals surface area contributed by atoms with Crippen LogP contribution in [0.4, 0.5) is 5.95 Å². The van der Waals surface area contributed by atoms with Crippen LogP contribution in [0.5, 0.6) is 0 Å². The van der Waals surface area contributed by atoms with Crippen LogP contribution in [0.25, 0.3) is 11.4 Å². The number of nitrogens with zero attached hydrogens (tertiary/aromatic N) is 5. The van der Waals surface area contributed by atoms with Crippen molar-refractivity contribution in [3.8, 4) is 11.4 Å². The van der Waals surface area contributed by atoms with E-state index >= 15 is 0 Å². The minimum absolute atomic E-state index is 0.616. The first-order valence-corrected chi connectivity index (χ1v) is 6.27. The van der Waals surface area contributed by atoms with Crippen molar-refractivity contribution in [2.45, 2.75) is 6.54 Å². The molecule has 0 radical (unpaired) electrons. The molecule has 0 saturated heterocycles. The zero-order valence-electron chi connectivity index (χ0n) is 11.1. The molecule has 3 aromatic rings. The largest absolute Gasteiger partial charge is 0.347 e. The van der Waals surface area contributed by atoms with Crippen LogP contribution in [0.2, 0.25) is 0 Å². The fraction of sp³-hybridized carbons (Fsp3) is 0.143. The summed E-state index contributed by atoms with van der Waals surface area (Å²) in [5, 5.41) is 0. The van der Waals surface area contributed by atoms with Crippen LogP contribution in [0, 0.1) is 0 Å². The minimum atomic E-state index is 0.616. The Balaban J connectivity index is 1.84. The number of rotatable bonds is 4. The van der Waals surface area contributed by atoms with Gasteiger partial charge >= 0.3 is 0 Å². The monoisotopic (exact) mass is 266 g/mol. The van der Waals surface area contributed by atoms with Crippen LogP contribution >= 0.6 is 0 Å². The summed E-state index contributed by atoms with van der Waals surface area (Å²) in [7, 11) is 1.92. The highest BCUT2D eigenvalue weighted by atomic mass is 15.3. The van der Waals surface area contributed by atoms with Crippen LogP contribution < -0.4 is 4.90 Å². The normalized spacial score (nSPS) is 10.4. The molecule has 20 heavy (non-hydrogen) atoms. The molecule has 0 amide bonds. The number of aromatic amines is 1. The first-order valence-electron chi connectivity index (χ1n) is 6.27. The molecule has 0 fully saturated rings. The van der Waals surface area contributed by atoms with Gasteiger partial charge in [0, 0.05) is 25.0 Å². The lowest BCUT2D eigenvalue weighted by Gasteiger charge is -2.15. The first kappa shape index (κ1) is 12.3. The van der Waals surface area contributed by atoms with Crippen molar-refractivity contribution in [1.29, 1.82) is 0 Å². The second-order valence-electron chi connectivity index (χ2n) is 4.37. The van der Waals surface area contributed by atoms with E-state index in [1.807, 2.05) is 42.3 Å². The first-order chi connectivity index (χ1) is 9.83. The Morgan fingerprint density at radius 1 is 1.10 bits per heavy atom. The van der Waals surface area contributed by atoms with Gasteiger partial charge in [0.15, 0.2) is 5.82 Å². The average Bonchev–Trinajstić information content (AvgIpc) is 3.01. The highest BCUT2D eigenvalue weighted by molar-refractivity contribution is 5.55. The molecule has 1 aromatic carbocycles. The Bertz CT molecular complexity index is 665. The standard InChI is InChI=1S/C14H14N6/c1-20(9-12-15-7-8-16-12)14-18-10-17-13(19-14)11-5-3-2-4-6-11/h2-8,10H,9H2,1H3,(H,15,16). The molecule has 0 unspecified atom stereocenters. The van der Waals surface area contributed by atoms with Gasteiger partial charge in [0.2, 0.25) is 5.95 Å². The Morgan fingerprint density at radius 2 is 1.95 bits per heavy atom. The fourth-order valence-electron chi connectivity index (χ4n) is 1.88. The number of benzene rings is 1. The lowest BCUT2D eigenvalue weighted by molar-refractivity contribution is 0.815. The lowest BCUT2D eigenvalue weighted by Crippen LogP contribution is -2.20. The number of hydrogen-bond donors (Lipinski definition) is 1. The van der Waals surface area contributed by atoms with Gasteiger partial charge in [-0.2, -0.15) is 4.98 Å². The molecule has 2 heterocycles. The molecule has 0 aliphatic heterocycles. The summed E-state index contributed by atoms with van der Waals surface area (Å²) in [4.78, 5) is 22.1. The summed E-state index contributed by atoms with van der Waals surface area (Å²) in [6.07, 6.45) is 5.06. The van der Waals surface area contributed by atoms with E-state index < -0.39 is 0 Å². The SMILES string of the molecule is CN(Cc1ncc[nH]1)c1ncnc(-c2ccccc2)n1. The zero-order chi connectivity index (χ0) is 13.8. The van der Waals surface area contributed by atoms with E-state index in [0.717, 1.165) is 11.4 Å². The maximum absolute atomic E-state index is 4.49. The topological polar surface area (TPSA) is 70.6 Å². The third-order valence-electron chi connectivity index (χ3n) is 2.87. The number of imidazole rings is 1. The smallest absolute Gasteiger partial charge is 0.229 e. The van der Waals surface area contributed by atoms with Crippen molar-refractivity contribution in [2.24, 2.45) is 0 Å². The van der Waals surface area contributed by atoms with E-state index in [9.17, 15) is 0 Å². The lowest BCUT2D eigenvalue weighted by atomic mass is 10.2. The number of hydrogen-bond acceptors (Lipinski definition) is 5. The number of nitrogens with one attached hydrogen (secondary N) is 1. The zero-order valence-corrected chi connectivity index (χ0v) is 11.1. The molecule has 3 rings (SSSR count). The Kier molecular flexibility index (Phi) is 3.36. The predicted octanol–water partition coefficient (Wildman–Crippen LogP) is 1.90. The van der Waals surface area contributed by atoms with Gasteiger partial charge in [-0.1, -0.05) is 30.3 Å². The van der Waals surface area contributed by atoms with Crippen LogP contribution in [0.15, 0.2) is 49.1 Å². The summed E-state index contributed by atoms with van der Waals surface area (Å²) < 4.78 is 0. The number of aromatic nitrogens is 5. The van der Waals surface area contributed by atoms with Crippen molar-refractivity contribution in [3.05, 3.63) is 54.9 Å². The summed E-state index contributed by atoms with van der Waals surface area (Å²) >= 11 is 0. The van der Waals surface area contributed by atoms with Gasteiger partial charge in [-0.3, -0.25) is 0 Å². The molecule has 0 saturated carbocycles. The molecule has 6 heteroatoms. The quantitative estimate of drug-likeness (QED) is 0.781. The molecule has 0 spiro atoms. The Hall–Kier alpha value is -2.76. The predicted molar refractivity (Wildman–Crippen MR) is 76.0 cm³/mol. The van der Waals surface area contributed by atoms with Crippen molar-refractivity contribution < 1.29 is 0 Å². The average molecular weight is 266 g/mol. The summed E-state index contributed by atoms with van der Waals surface area (Å²) in [5.41, 5.74) is 0.975. The Labute approximate surface area is 116 Å². The van der Waals surface area contributed by atoms with Gasteiger partial charge in [0.25, 0.3) is 0 Å². The minimum Gasteiger partial charge on any atom is -0.347 e. The molecular formula is C14H14N6. The number of H-pyrrole nitrogens is 1. The third-order valence-corrected chi connectivity index (χ3v) is 2.87. The molecular weight excluding hydrogens is 252 g/mol. The molecule has 0 bridgehead atoms. The van der Waals surface area contributed by atoms with E-state index in [1.54, 1.807) is 12.4 Å². The van der Waals surface area contributed by atoms with Crippen LogP contribution in [-0.2, 0) is 6.54 Å². The van der Waals surface area contributed by atoms with E-state index in [0.29, 0.717) is 18.3 Å². The molecule has 0 aliphatic rings. The molecule has 2 aromatic heterocycles. The van der Waals surface area contributed by atoms with Gasteiger partial charge < -0.3 is 9.88 Å². The second-order valence-corrected chi connectivity index (χ2v) is 4.37. The molecule has 1 N–H and O–H groups in total. The van der Waals surface area contributed by atoms with E-state index in [1.165, 1.54) is 6.33 Å². The second kappa shape index (κ2) is 5.48. The maximum Gasteiger partial charge on any atom is 0.229 e. The van der Waals surface area contributed by atoms with Crippen LogP contribution in [-0.4, -0.2) is 32.0 Å². The van der Waals surface area contributed by atoms with Gasteiger partial charge in [-0.25, -0.2) is 15.0 Å². The fourth-order valence-corrected chi connectivity index (χ4v) is 1.88. The van der Waals surface area contributed by atoms with Crippen molar-refractivity contribution >= 4 is 5.95 Å². The van der Waals surface area contributed by atoms with Crippen LogP contribution in [0.1, 0.15) is 5.82 Å². The number of anilines is 1. The highest BCUT2D eigenvalue weighted by Crippen LogP contribution is 2.16. The molecule has 6 nitrogen and oxygen atoms in total. The third kappa shape index (κ3) is 2.64. The van der Waals surface area contributed by atoms with E-state index in [2.05, 4.69) is 24.9 Å². The van der Waals surface area contributed by atoms with Gasteiger partial charge in [0.1, 0.15) is 12.2 Å². The molecule has 0 atom stereocenters.